The first-order valence-electron chi connectivity index (χ1n) is 8.19. The molecular formula is C18H34O2Si. The summed E-state index contributed by atoms with van der Waals surface area (Å²) in [5, 5.41) is 0.230. The van der Waals surface area contributed by atoms with E-state index in [1.54, 1.807) is 6.92 Å². The minimum Gasteiger partial charge on any atom is -0.413 e. The molecular weight excluding hydrogens is 276 g/mol. The van der Waals surface area contributed by atoms with Crippen LogP contribution in [0.15, 0.2) is 11.6 Å². The quantitative estimate of drug-likeness (QED) is 0.505. The van der Waals surface area contributed by atoms with Crippen LogP contribution in [0.25, 0.3) is 0 Å². The van der Waals surface area contributed by atoms with Crippen molar-refractivity contribution >= 4 is 14.1 Å². The average molecular weight is 311 g/mol. The van der Waals surface area contributed by atoms with E-state index in [-0.39, 0.29) is 16.2 Å². The molecule has 0 spiro atoms. The molecule has 0 radical (unpaired) electrons. The number of allylic oxidation sites excluding steroid dienone is 1. The molecule has 0 aliphatic heterocycles. The molecule has 0 aromatic carbocycles. The molecule has 0 bridgehead atoms. The van der Waals surface area contributed by atoms with E-state index in [2.05, 4.69) is 53.8 Å². The normalized spacial score (nSPS) is 22.9. The van der Waals surface area contributed by atoms with E-state index in [1.807, 2.05) is 0 Å². The van der Waals surface area contributed by atoms with Gasteiger partial charge in [-0.3, -0.25) is 0 Å². The largest absolute Gasteiger partial charge is 0.413 e. The summed E-state index contributed by atoms with van der Waals surface area (Å²) in [6.45, 7) is 18.4. The van der Waals surface area contributed by atoms with Crippen LogP contribution in [-0.4, -0.2) is 20.7 Å². The van der Waals surface area contributed by atoms with Gasteiger partial charge in [0, 0.05) is 6.42 Å². The number of Topliss-reactive ketones (excluding diaryl/α,β-unsaturated/α-hetero) is 1. The Morgan fingerprint density at radius 3 is 2.43 bits per heavy atom. The summed E-state index contributed by atoms with van der Waals surface area (Å²) in [7, 11) is -1.73. The van der Waals surface area contributed by atoms with Crippen molar-refractivity contribution < 1.29 is 9.22 Å². The summed E-state index contributed by atoms with van der Waals surface area (Å²) in [6.07, 6.45) is 5.25. The summed E-state index contributed by atoms with van der Waals surface area (Å²) in [5.74, 6) is 0.627. The molecule has 2 nitrogen and oxygen atoms in total. The lowest BCUT2D eigenvalue weighted by molar-refractivity contribution is -0.118. The van der Waals surface area contributed by atoms with Crippen molar-refractivity contribution in [2.45, 2.75) is 78.9 Å². The molecule has 0 saturated heterocycles. The maximum atomic E-state index is 11.6. The predicted molar refractivity (Wildman–Crippen MR) is 93.0 cm³/mol. The molecule has 1 aliphatic carbocycles. The lowest BCUT2D eigenvalue weighted by atomic mass is 9.66. The van der Waals surface area contributed by atoms with Crippen LogP contribution >= 0.6 is 0 Å². The zero-order chi connectivity index (χ0) is 16.5. The van der Waals surface area contributed by atoms with E-state index in [4.69, 9.17) is 4.43 Å². The first-order chi connectivity index (χ1) is 9.37. The number of ketones is 1. The third-order valence-electron chi connectivity index (χ3n) is 5.48. The highest BCUT2D eigenvalue weighted by molar-refractivity contribution is 6.74. The second-order valence-corrected chi connectivity index (χ2v) is 13.6. The Kier molecular flexibility index (Phi) is 5.65. The molecule has 0 aromatic rings. The van der Waals surface area contributed by atoms with Crippen molar-refractivity contribution in [2.24, 2.45) is 11.3 Å². The van der Waals surface area contributed by atoms with Crippen molar-refractivity contribution in [3.05, 3.63) is 11.6 Å². The predicted octanol–water partition coefficient (Wildman–Crippen LogP) is 5.35. The fraction of sp³-hybridized carbons (Fsp3) is 0.833. The van der Waals surface area contributed by atoms with Crippen LogP contribution in [0, 0.1) is 11.3 Å². The maximum absolute atomic E-state index is 11.6. The van der Waals surface area contributed by atoms with Gasteiger partial charge in [-0.25, -0.2) is 0 Å². The molecule has 122 valence electrons. The van der Waals surface area contributed by atoms with E-state index >= 15 is 0 Å². The fourth-order valence-electron chi connectivity index (χ4n) is 2.78. The molecule has 0 heterocycles. The number of hydrogen-bond acceptors (Lipinski definition) is 2. The van der Waals surface area contributed by atoms with Crippen LogP contribution in [0.3, 0.4) is 0 Å². The second-order valence-electron chi connectivity index (χ2n) is 8.81. The molecule has 0 aromatic heterocycles. The van der Waals surface area contributed by atoms with E-state index in [0.29, 0.717) is 18.9 Å². The fourth-order valence-corrected chi connectivity index (χ4v) is 3.74. The second kappa shape index (κ2) is 6.37. The Morgan fingerprint density at radius 2 is 1.95 bits per heavy atom. The zero-order valence-electron chi connectivity index (χ0n) is 15.3. The van der Waals surface area contributed by atoms with E-state index in [9.17, 15) is 4.79 Å². The van der Waals surface area contributed by atoms with Crippen LogP contribution in [0.4, 0.5) is 0 Å². The molecule has 1 unspecified atom stereocenters. The maximum Gasteiger partial charge on any atom is 0.192 e. The van der Waals surface area contributed by atoms with Gasteiger partial charge in [0.2, 0.25) is 0 Å². The van der Waals surface area contributed by atoms with Crippen molar-refractivity contribution in [2.75, 3.05) is 6.61 Å². The Labute approximate surface area is 132 Å². The van der Waals surface area contributed by atoms with Crippen molar-refractivity contribution in [1.82, 2.24) is 0 Å². The van der Waals surface area contributed by atoms with E-state index < -0.39 is 8.32 Å². The van der Waals surface area contributed by atoms with Crippen molar-refractivity contribution in [3.63, 3.8) is 0 Å². The van der Waals surface area contributed by atoms with Crippen LogP contribution in [0.2, 0.25) is 18.1 Å². The van der Waals surface area contributed by atoms with Gasteiger partial charge in [0.25, 0.3) is 0 Å². The Bertz CT molecular complexity index is 413. The SMILES string of the molecule is CC(=O)CC1C(CO[Si](C)(C)C(C)(C)C)=CCCC1(C)C. The van der Waals surface area contributed by atoms with Crippen LogP contribution < -0.4 is 0 Å². The average Bonchev–Trinajstić information content (AvgIpc) is 2.28. The first-order valence-corrected chi connectivity index (χ1v) is 11.1. The Morgan fingerprint density at radius 1 is 1.38 bits per heavy atom. The summed E-state index contributed by atoms with van der Waals surface area (Å²) in [5.41, 5.74) is 1.55. The standard InChI is InChI=1S/C18H34O2Si/c1-14(19)12-16-15(10-9-11-18(16,5)6)13-20-21(7,8)17(2,3)4/h10,16H,9,11-13H2,1-8H3. The minimum atomic E-state index is -1.73. The third-order valence-corrected chi connectivity index (χ3v) is 9.96. The van der Waals surface area contributed by atoms with Gasteiger partial charge in [-0.15, -0.1) is 0 Å². The lowest BCUT2D eigenvalue weighted by Gasteiger charge is -2.41. The topological polar surface area (TPSA) is 26.3 Å². The number of hydrogen-bond donors (Lipinski definition) is 0. The molecule has 3 heteroatoms. The molecule has 0 N–H and O–H groups in total. The highest BCUT2D eigenvalue weighted by atomic mass is 28.4. The van der Waals surface area contributed by atoms with Gasteiger partial charge in [-0.05, 0) is 54.8 Å². The van der Waals surface area contributed by atoms with Gasteiger partial charge < -0.3 is 9.22 Å². The van der Waals surface area contributed by atoms with E-state index in [1.165, 1.54) is 5.57 Å². The summed E-state index contributed by atoms with van der Waals surface area (Å²) in [4.78, 5) is 11.6. The summed E-state index contributed by atoms with van der Waals surface area (Å²) >= 11 is 0. The number of carbonyl (C=O) groups excluding carboxylic acids is 1. The van der Waals surface area contributed by atoms with Crippen LogP contribution in [0.5, 0.6) is 0 Å². The van der Waals surface area contributed by atoms with Crippen molar-refractivity contribution in [1.29, 1.82) is 0 Å². The minimum absolute atomic E-state index is 0.201. The zero-order valence-corrected chi connectivity index (χ0v) is 16.3. The first kappa shape index (κ1) is 18.6. The van der Waals surface area contributed by atoms with Crippen LogP contribution in [-0.2, 0) is 9.22 Å². The van der Waals surface area contributed by atoms with Gasteiger partial charge in [-0.1, -0.05) is 40.7 Å². The van der Waals surface area contributed by atoms with Gasteiger partial charge in [0.05, 0.1) is 6.61 Å². The van der Waals surface area contributed by atoms with Crippen molar-refractivity contribution in [3.8, 4) is 0 Å². The van der Waals surface area contributed by atoms with E-state index in [0.717, 1.165) is 12.8 Å². The smallest absolute Gasteiger partial charge is 0.192 e. The molecule has 1 aliphatic rings. The Hall–Kier alpha value is -0.413. The summed E-state index contributed by atoms with van der Waals surface area (Å²) < 4.78 is 6.40. The highest BCUT2D eigenvalue weighted by Crippen LogP contribution is 2.44. The molecule has 1 atom stereocenters. The monoisotopic (exact) mass is 310 g/mol. The number of carbonyl (C=O) groups is 1. The van der Waals surface area contributed by atoms with Crippen LogP contribution in [0.1, 0.15) is 60.8 Å². The summed E-state index contributed by atoms with van der Waals surface area (Å²) in [6, 6.07) is 0. The number of rotatable bonds is 5. The van der Waals surface area contributed by atoms with Gasteiger partial charge >= 0.3 is 0 Å². The Balaban J connectivity index is 2.85. The van der Waals surface area contributed by atoms with Gasteiger partial charge in [0.15, 0.2) is 8.32 Å². The molecule has 0 amide bonds. The lowest BCUT2D eigenvalue weighted by Crippen LogP contribution is -2.42. The molecule has 1 rings (SSSR count). The molecule has 21 heavy (non-hydrogen) atoms. The van der Waals surface area contributed by atoms with Gasteiger partial charge in [0.1, 0.15) is 5.78 Å². The molecule has 0 saturated carbocycles. The van der Waals surface area contributed by atoms with Gasteiger partial charge in [-0.2, -0.15) is 0 Å². The highest BCUT2D eigenvalue weighted by Gasteiger charge is 2.39. The third kappa shape index (κ3) is 4.78. The molecule has 0 fully saturated rings.